The number of aliphatic hydroxyl groups is 2. The van der Waals surface area contributed by atoms with Gasteiger partial charge in [-0.3, -0.25) is 14.5 Å². The predicted molar refractivity (Wildman–Crippen MR) is 200 cm³/mol. The van der Waals surface area contributed by atoms with Crippen molar-refractivity contribution in [3.05, 3.63) is 35.9 Å². The lowest BCUT2D eigenvalue weighted by molar-refractivity contribution is -0.156. The number of amides is 2. The molecule has 7 nitrogen and oxygen atoms in total. The van der Waals surface area contributed by atoms with Crippen LogP contribution in [0.1, 0.15) is 130 Å². The summed E-state index contributed by atoms with van der Waals surface area (Å²) in [4.78, 5) is 31.6. The van der Waals surface area contributed by atoms with Crippen LogP contribution in [0.15, 0.2) is 30.3 Å². The van der Waals surface area contributed by atoms with E-state index in [0.717, 1.165) is 50.3 Å². The monoisotopic (exact) mass is 692 g/mol. The Morgan fingerprint density at radius 1 is 0.900 bits per heavy atom. The standard InChI is InChI=1S/C43H69N3O4/c1-5-6-7-8-9-13-16-40(49)44-37(27-31-14-11-10-12-15-31)41(50)46-25-23-45(24-26-46)38-29-43(4)32(28-39(38)48)17-18-33-35-20-19-34(30(2)47)42(35,3)22-21-36(33)43/h10-12,14-15,30,32-39,47-48H,5-9,13,16-29H2,1-4H3,(H,44,49)/t30-,32+,33+,34-,35+,36+,37+,38+,39+,42-,43+/m1/s1. The molecule has 4 saturated carbocycles. The smallest absolute Gasteiger partial charge is 0.245 e. The van der Waals surface area contributed by atoms with Crippen molar-refractivity contribution < 1.29 is 19.8 Å². The number of nitrogens with one attached hydrogen (secondary N) is 1. The van der Waals surface area contributed by atoms with Crippen LogP contribution < -0.4 is 5.32 Å². The van der Waals surface area contributed by atoms with E-state index in [2.05, 4.69) is 31.0 Å². The Balaban J connectivity index is 1.07. The van der Waals surface area contributed by atoms with Crippen LogP contribution in [0.4, 0.5) is 0 Å². The van der Waals surface area contributed by atoms with Gasteiger partial charge in [-0.2, -0.15) is 0 Å². The van der Waals surface area contributed by atoms with Crippen LogP contribution in [-0.4, -0.2) is 82.3 Å². The first-order valence-electron chi connectivity index (χ1n) is 20.8. The molecule has 1 heterocycles. The van der Waals surface area contributed by atoms with Crippen LogP contribution in [0, 0.1) is 40.4 Å². The van der Waals surface area contributed by atoms with Crippen molar-refractivity contribution in [3.8, 4) is 0 Å². The zero-order chi connectivity index (χ0) is 35.5. The van der Waals surface area contributed by atoms with E-state index in [1.807, 2.05) is 42.2 Å². The predicted octanol–water partition coefficient (Wildman–Crippen LogP) is 6.99. The van der Waals surface area contributed by atoms with Gasteiger partial charge in [0.05, 0.1) is 12.2 Å². The first kappa shape index (κ1) is 37.8. The molecule has 4 aliphatic carbocycles. The minimum absolute atomic E-state index is 0.0191. The fourth-order valence-corrected chi connectivity index (χ4v) is 12.4. The van der Waals surface area contributed by atoms with Gasteiger partial charge in [0.25, 0.3) is 0 Å². The molecule has 1 aromatic rings. The summed E-state index contributed by atoms with van der Waals surface area (Å²) in [5.41, 5.74) is 1.55. The number of aliphatic hydroxyl groups excluding tert-OH is 2. The van der Waals surface area contributed by atoms with Crippen LogP contribution in [0.25, 0.3) is 0 Å². The molecule has 0 aromatic heterocycles. The quantitative estimate of drug-likeness (QED) is 0.194. The Morgan fingerprint density at radius 3 is 2.32 bits per heavy atom. The molecule has 5 fully saturated rings. The normalized spacial score (nSPS) is 36.9. The number of benzene rings is 1. The molecular formula is C43H69N3O4. The van der Waals surface area contributed by atoms with Gasteiger partial charge in [0.1, 0.15) is 6.04 Å². The lowest BCUT2D eigenvalue weighted by Crippen LogP contribution is -2.63. The number of piperazine rings is 1. The van der Waals surface area contributed by atoms with Crippen LogP contribution in [-0.2, 0) is 16.0 Å². The molecule has 1 aliphatic heterocycles. The molecule has 0 spiro atoms. The molecular weight excluding hydrogens is 622 g/mol. The first-order chi connectivity index (χ1) is 24.0. The third kappa shape index (κ3) is 7.86. The Labute approximate surface area is 303 Å². The number of unbranched alkanes of at least 4 members (excludes halogenated alkanes) is 5. The topological polar surface area (TPSA) is 93.1 Å². The van der Waals surface area contributed by atoms with Crippen molar-refractivity contribution in [1.82, 2.24) is 15.1 Å². The van der Waals surface area contributed by atoms with Gasteiger partial charge < -0.3 is 20.4 Å². The zero-order valence-corrected chi connectivity index (χ0v) is 31.8. The Morgan fingerprint density at radius 2 is 1.60 bits per heavy atom. The van der Waals surface area contributed by atoms with Gasteiger partial charge >= 0.3 is 0 Å². The van der Waals surface area contributed by atoms with E-state index in [4.69, 9.17) is 0 Å². The minimum atomic E-state index is -0.559. The molecule has 2 amide bonds. The highest BCUT2D eigenvalue weighted by atomic mass is 16.3. The van der Waals surface area contributed by atoms with Crippen molar-refractivity contribution in [1.29, 1.82) is 0 Å². The van der Waals surface area contributed by atoms with Crippen molar-refractivity contribution >= 4 is 11.8 Å². The Kier molecular flexibility index (Phi) is 12.4. The maximum atomic E-state index is 14.0. The molecule has 11 atom stereocenters. The van der Waals surface area contributed by atoms with E-state index >= 15 is 0 Å². The second kappa shape index (κ2) is 16.4. The molecule has 3 N–H and O–H groups in total. The van der Waals surface area contributed by atoms with Crippen molar-refractivity contribution in [2.75, 3.05) is 26.2 Å². The molecule has 0 unspecified atom stereocenters. The minimum Gasteiger partial charge on any atom is -0.393 e. The SMILES string of the molecule is CCCCCCCCC(=O)N[C@@H](Cc1ccccc1)C(=O)N1CCN([C@H]2C[C@@]3(C)[C@@H](CC[C@@H]4[C@@H]3CC[C@]3(C)[C@@H]([C@@H](C)O)CC[C@@H]43)C[C@@H]2O)CC1. The van der Waals surface area contributed by atoms with Crippen LogP contribution in [0.2, 0.25) is 0 Å². The summed E-state index contributed by atoms with van der Waals surface area (Å²) in [6, 6.07) is 9.63. The number of hydrogen-bond donors (Lipinski definition) is 3. The van der Waals surface area contributed by atoms with Crippen molar-refractivity contribution in [2.45, 2.75) is 155 Å². The maximum absolute atomic E-state index is 14.0. The Hall–Kier alpha value is -1.96. The molecule has 6 rings (SSSR count). The first-order valence-corrected chi connectivity index (χ1v) is 20.8. The van der Waals surface area contributed by atoms with Gasteiger partial charge in [0.2, 0.25) is 11.8 Å². The van der Waals surface area contributed by atoms with E-state index in [0.29, 0.717) is 49.6 Å². The highest BCUT2D eigenvalue weighted by Crippen LogP contribution is 2.68. The average Bonchev–Trinajstić information content (AvgIpc) is 3.47. The van der Waals surface area contributed by atoms with E-state index in [9.17, 15) is 19.8 Å². The third-order valence-corrected chi connectivity index (χ3v) is 15.1. The summed E-state index contributed by atoms with van der Waals surface area (Å²) >= 11 is 0. The molecule has 1 aromatic carbocycles. The van der Waals surface area contributed by atoms with E-state index in [-0.39, 0.29) is 40.9 Å². The van der Waals surface area contributed by atoms with Gasteiger partial charge in [-0.25, -0.2) is 0 Å². The van der Waals surface area contributed by atoms with Crippen LogP contribution in [0.5, 0.6) is 0 Å². The van der Waals surface area contributed by atoms with E-state index in [1.54, 1.807) is 0 Å². The fraction of sp³-hybridized carbons (Fsp3) is 0.814. The van der Waals surface area contributed by atoms with Crippen LogP contribution >= 0.6 is 0 Å². The fourth-order valence-electron chi connectivity index (χ4n) is 12.4. The van der Waals surface area contributed by atoms with E-state index in [1.165, 1.54) is 64.2 Å². The van der Waals surface area contributed by atoms with Crippen LogP contribution in [0.3, 0.4) is 0 Å². The summed E-state index contributed by atoms with van der Waals surface area (Å²) in [5.74, 6) is 3.16. The highest BCUT2D eigenvalue weighted by Gasteiger charge is 2.62. The van der Waals surface area contributed by atoms with Crippen molar-refractivity contribution in [2.24, 2.45) is 40.4 Å². The molecule has 280 valence electrons. The summed E-state index contributed by atoms with van der Waals surface area (Å²) in [5, 5.41) is 25.4. The maximum Gasteiger partial charge on any atom is 0.245 e. The van der Waals surface area contributed by atoms with Crippen molar-refractivity contribution in [3.63, 3.8) is 0 Å². The molecule has 0 bridgehead atoms. The lowest BCUT2D eigenvalue weighted by Gasteiger charge is -2.63. The van der Waals surface area contributed by atoms with Gasteiger partial charge in [-0.15, -0.1) is 0 Å². The molecule has 1 saturated heterocycles. The lowest BCUT2D eigenvalue weighted by atomic mass is 9.44. The van der Waals surface area contributed by atoms with E-state index < -0.39 is 6.04 Å². The summed E-state index contributed by atoms with van der Waals surface area (Å²) in [7, 11) is 0. The number of carbonyl (C=O) groups excluding carboxylic acids is 2. The average molecular weight is 692 g/mol. The molecule has 7 heteroatoms. The number of fused-ring (bicyclic) bond motifs is 5. The largest absolute Gasteiger partial charge is 0.393 e. The zero-order valence-electron chi connectivity index (χ0n) is 31.8. The number of carbonyl (C=O) groups is 2. The second-order valence-electron chi connectivity index (χ2n) is 17.9. The molecule has 50 heavy (non-hydrogen) atoms. The van der Waals surface area contributed by atoms with Gasteiger partial charge in [0.15, 0.2) is 0 Å². The highest BCUT2D eigenvalue weighted by molar-refractivity contribution is 5.88. The summed E-state index contributed by atoms with van der Waals surface area (Å²) in [6.07, 6.45) is 16.6. The second-order valence-corrected chi connectivity index (χ2v) is 17.9. The number of hydrogen-bond acceptors (Lipinski definition) is 5. The molecule has 0 radical (unpaired) electrons. The summed E-state index contributed by atoms with van der Waals surface area (Å²) < 4.78 is 0. The van der Waals surface area contributed by atoms with Gasteiger partial charge in [-0.1, -0.05) is 83.2 Å². The van der Waals surface area contributed by atoms with Gasteiger partial charge in [0, 0.05) is 45.1 Å². The van der Waals surface area contributed by atoms with Gasteiger partial charge in [-0.05, 0) is 111 Å². The summed E-state index contributed by atoms with van der Waals surface area (Å²) in [6.45, 7) is 12.1. The number of nitrogens with zero attached hydrogens (tertiary/aromatic N) is 2. The molecule has 5 aliphatic rings. The third-order valence-electron chi connectivity index (χ3n) is 15.1. The number of rotatable bonds is 13. The Bertz CT molecular complexity index is 1270.